The molecule has 0 aromatic carbocycles. The molecule has 130 valence electrons. The van der Waals surface area contributed by atoms with Crippen molar-refractivity contribution < 1.29 is 22.6 Å². The van der Waals surface area contributed by atoms with Gasteiger partial charge in [0, 0.05) is 34.9 Å². The van der Waals surface area contributed by atoms with Gasteiger partial charge in [0.05, 0.1) is 6.42 Å². The quantitative estimate of drug-likeness (QED) is 0.268. The average Bonchev–Trinajstić information content (AvgIpc) is 2.96. The fourth-order valence-electron chi connectivity index (χ4n) is 1.37. The molecule has 1 heterocycles. The molecule has 1 rings (SSSR count). The van der Waals surface area contributed by atoms with Crippen LogP contribution in [-0.4, -0.2) is 28.1 Å². The van der Waals surface area contributed by atoms with E-state index in [0.717, 1.165) is 11.3 Å². The van der Waals surface area contributed by atoms with E-state index in [-0.39, 0.29) is 5.75 Å². The predicted octanol–water partition coefficient (Wildman–Crippen LogP) is 4.31. The molecule has 1 aromatic heterocycles. The molecule has 0 aliphatic rings. The van der Waals surface area contributed by atoms with Gasteiger partial charge in [-0.3, -0.25) is 0 Å². The second-order valence-electron chi connectivity index (χ2n) is 5.07. The van der Waals surface area contributed by atoms with Gasteiger partial charge in [0.1, 0.15) is 12.4 Å². The summed E-state index contributed by atoms with van der Waals surface area (Å²) in [5.41, 5.74) is 0. The summed E-state index contributed by atoms with van der Waals surface area (Å²) in [7, 11) is 0. The van der Waals surface area contributed by atoms with Crippen LogP contribution in [0.1, 0.15) is 31.6 Å². The number of aromatic nitrogens is 1. The summed E-state index contributed by atoms with van der Waals surface area (Å²) < 4.78 is 48.6. The maximum atomic E-state index is 12.7. The molecule has 0 saturated heterocycles. The molecule has 0 spiro atoms. The van der Waals surface area contributed by atoms with Crippen LogP contribution in [0.3, 0.4) is 0 Å². The molecule has 1 aromatic rings. The number of rotatable bonds is 10. The van der Waals surface area contributed by atoms with Gasteiger partial charge in [-0.25, -0.2) is 4.39 Å². The largest absolute Gasteiger partial charge is 0.610 e. The zero-order chi connectivity index (χ0) is 17.2. The Morgan fingerprint density at radius 3 is 2.87 bits per heavy atom. The van der Waals surface area contributed by atoms with E-state index >= 15 is 0 Å². The lowest BCUT2D eigenvalue weighted by Crippen LogP contribution is -2.06. The van der Waals surface area contributed by atoms with Gasteiger partial charge in [-0.15, -0.1) is 0 Å². The first kappa shape index (κ1) is 20.0. The van der Waals surface area contributed by atoms with Crippen molar-refractivity contribution in [2.24, 2.45) is 11.1 Å². The van der Waals surface area contributed by atoms with Crippen LogP contribution in [0.4, 0.5) is 13.2 Å². The molecule has 0 bridgehead atoms. The van der Waals surface area contributed by atoms with E-state index in [9.17, 15) is 17.7 Å². The van der Waals surface area contributed by atoms with Crippen LogP contribution >= 0.6 is 11.3 Å². The number of nitrogens with zero attached hydrogens (tertiary/aromatic N) is 2. The number of oxime groups is 1. The van der Waals surface area contributed by atoms with E-state index in [1.165, 1.54) is 11.3 Å². The van der Waals surface area contributed by atoms with Gasteiger partial charge in [-0.1, -0.05) is 30.3 Å². The van der Waals surface area contributed by atoms with Gasteiger partial charge in [-0.2, -0.15) is 13.8 Å². The molecular weight excluding hydrogens is 349 g/mol. The number of thiazole rings is 1. The summed E-state index contributed by atoms with van der Waals surface area (Å²) in [5, 5.41) is 3.81. The Labute approximate surface area is 140 Å². The molecule has 0 saturated carbocycles. The Kier molecular flexibility index (Phi) is 9.27. The van der Waals surface area contributed by atoms with Crippen LogP contribution in [-0.2, 0) is 22.4 Å². The van der Waals surface area contributed by atoms with E-state index < -0.39 is 29.5 Å². The highest BCUT2D eigenvalue weighted by Gasteiger charge is 2.18. The molecule has 4 nitrogen and oxygen atoms in total. The molecule has 0 aliphatic heterocycles. The van der Waals surface area contributed by atoms with Crippen molar-refractivity contribution in [3.63, 3.8) is 0 Å². The van der Waals surface area contributed by atoms with Gasteiger partial charge >= 0.3 is 10.4 Å². The zero-order valence-corrected chi connectivity index (χ0v) is 14.6. The van der Waals surface area contributed by atoms with Crippen molar-refractivity contribution in [2.75, 3.05) is 12.4 Å². The summed E-state index contributed by atoms with van der Waals surface area (Å²) in [6.07, 6.45) is 1.60. The SMILES string of the molecule is CC(C)CCO/N=C\Cc1cnc([S@@+]([O-])CCC(F)=C(F)F)s1. The highest BCUT2D eigenvalue weighted by Crippen LogP contribution is 2.22. The third-order valence-electron chi connectivity index (χ3n) is 2.67. The van der Waals surface area contributed by atoms with Crippen LogP contribution in [0.5, 0.6) is 0 Å². The number of halogens is 3. The maximum absolute atomic E-state index is 12.7. The molecule has 0 radical (unpaired) electrons. The predicted molar refractivity (Wildman–Crippen MR) is 86.0 cm³/mol. The van der Waals surface area contributed by atoms with Crippen molar-refractivity contribution in [1.82, 2.24) is 4.98 Å². The van der Waals surface area contributed by atoms with E-state index in [2.05, 4.69) is 24.0 Å². The minimum absolute atomic E-state index is 0.220. The van der Waals surface area contributed by atoms with Crippen molar-refractivity contribution in [3.8, 4) is 0 Å². The molecule has 9 heteroatoms. The lowest BCUT2D eigenvalue weighted by Gasteiger charge is -2.04. The smallest absolute Gasteiger partial charge is 0.301 e. The monoisotopic (exact) mass is 368 g/mol. The van der Waals surface area contributed by atoms with Crippen LogP contribution in [0.25, 0.3) is 0 Å². The number of hydrogen-bond donors (Lipinski definition) is 0. The molecule has 0 amide bonds. The third kappa shape index (κ3) is 8.38. The third-order valence-corrected chi connectivity index (χ3v) is 5.36. The second kappa shape index (κ2) is 10.7. The van der Waals surface area contributed by atoms with Crippen LogP contribution in [0, 0.1) is 5.92 Å². The van der Waals surface area contributed by atoms with Gasteiger partial charge in [0.2, 0.25) is 0 Å². The van der Waals surface area contributed by atoms with Crippen LogP contribution in [0.15, 0.2) is 27.6 Å². The first-order valence-electron chi connectivity index (χ1n) is 7.06. The first-order valence-corrected chi connectivity index (χ1v) is 9.20. The van der Waals surface area contributed by atoms with Crippen LogP contribution < -0.4 is 0 Å². The highest BCUT2D eigenvalue weighted by molar-refractivity contribution is 7.93. The average molecular weight is 368 g/mol. The summed E-state index contributed by atoms with van der Waals surface area (Å²) in [4.78, 5) is 9.87. The Balaban J connectivity index is 2.36. The maximum Gasteiger partial charge on any atom is 0.301 e. The van der Waals surface area contributed by atoms with Crippen molar-refractivity contribution in [1.29, 1.82) is 0 Å². The van der Waals surface area contributed by atoms with Crippen molar-refractivity contribution in [3.05, 3.63) is 23.0 Å². The minimum atomic E-state index is -2.37. The summed E-state index contributed by atoms with van der Waals surface area (Å²) in [6.45, 7) is 4.74. The van der Waals surface area contributed by atoms with Gasteiger partial charge in [-0.05, 0) is 12.3 Å². The molecule has 0 aliphatic carbocycles. The number of allylic oxidation sites excluding steroid dienone is 1. The van der Waals surface area contributed by atoms with E-state index in [4.69, 9.17) is 4.84 Å². The fraction of sp³-hybridized carbons (Fsp3) is 0.571. The Bertz CT molecular complexity index is 532. The fourth-order valence-corrected chi connectivity index (χ4v) is 3.62. The van der Waals surface area contributed by atoms with Gasteiger partial charge < -0.3 is 9.39 Å². The Morgan fingerprint density at radius 2 is 2.22 bits per heavy atom. The normalized spacial score (nSPS) is 12.8. The summed E-state index contributed by atoms with van der Waals surface area (Å²) in [6, 6.07) is 0. The first-order chi connectivity index (χ1) is 10.9. The lowest BCUT2D eigenvalue weighted by atomic mass is 10.1. The van der Waals surface area contributed by atoms with Gasteiger partial charge in [0.15, 0.2) is 5.83 Å². The topological polar surface area (TPSA) is 57.5 Å². The summed E-state index contributed by atoms with van der Waals surface area (Å²) in [5.74, 6) is -1.20. The molecular formula is C14H19F3N2O2S2. The minimum Gasteiger partial charge on any atom is -0.610 e. The summed E-state index contributed by atoms with van der Waals surface area (Å²) >= 11 is -0.406. The highest BCUT2D eigenvalue weighted by atomic mass is 32.2. The molecule has 1 atom stereocenters. The molecule has 0 N–H and O–H groups in total. The standard InChI is InChI=1S/C14H19F3N2O2S2/c1-10(2)4-7-21-19-6-3-11-9-18-14(22-11)23(20)8-5-12(15)13(16)17/h6,9-10H,3-5,7-8H2,1-2H3/b19-6-/t23-/m0/s1. The van der Waals surface area contributed by atoms with E-state index in [1.807, 2.05) is 0 Å². The Hall–Kier alpha value is -1.06. The number of hydrogen-bond acceptors (Lipinski definition) is 5. The molecule has 0 fully saturated rings. The second-order valence-corrected chi connectivity index (χ2v) is 7.92. The van der Waals surface area contributed by atoms with Gasteiger partial charge in [0.25, 0.3) is 0 Å². The van der Waals surface area contributed by atoms with E-state index in [0.29, 0.717) is 23.3 Å². The van der Waals surface area contributed by atoms with Crippen LogP contribution in [0.2, 0.25) is 0 Å². The lowest BCUT2D eigenvalue weighted by molar-refractivity contribution is 0.134. The van der Waals surface area contributed by atoms with E-state index in [1.54, 1.807) is 12.4 Å². The van der Waals surface area contributed by atoms with Crippen molar-refractivity contribution in [2.45, 2.75) is 37.4 Å². The Morgan fingerprint density at radius 1 is 1.48 bits per heavy atom. The molecule has 23 heavy (non-hydrogen) atoms. The zero-order valence-electron chi connectivity index (χ0n) is 12.9. The molecule has 0 unspecified atom stereocenters. The van der Waals surface area contributed by atoms with Crippen molar-refractivity contribution >= 4 is 28.7 Å².